The predicted octanol–water partition coefficient (Wildman–Crippen LogP) is 2.53. The summed E-state index contributed by atoms with van der Waals surface area (Å²) in [7, 11) is 3.29. The van der Waals surface area contributed by atoms with Gasteiger partial charge in [-0.3, -0.25) is 0 Å². The zero-order chi connectivity index (χ0) is 12.4. The van der Waals surface area contributed by atoms with E-state index in [-0.39, 0.29) is 18.5 Å². The highest BCUT2D eigenvalue weighted by Gasteiger charge is 2.33. The summed E-state index contributed by atoms with van der Waals surface area (Å²) >= 11 is 0. The van der Waals surface area contributed by atoms with Crippen molar-refractivity contribution >= 4 is 0 Å². The van der Waals surface area contributed by atoms with Crippen molar-refractivity contribution in [3.63, 3.8) is 0 Å². The Morgan fingerprint density at radius 2 is 1.82 bits per heavy atom. The summed E-state index contributed by atoms with van der Waals surface area (Å²) in [6.07, 6.45) is -0.299. The molecule has 0 unspecified atom stereocenters. The van der Waals surface area contributed by atoms with Gasteiger partial charge in [0.1, 0.15) is 17.6 Å². The van der Waals surface area contributed by atoms with Gasteiger partial charge >= 0.3 is 0 Å². The molecule has 1 aromatic carbocycles. The molecule has 0 saturated carbocycles. The molecule has 0 bridgehead atoms. The van der Waals surface area contributed by atoms with Crippen LogP contribution in [0.4, 0.5) is 0 Å². The van der Waals surface area contributed by atoms with Crippen LogP contribution in [-0.2, 0) is 9.47 Å². The first kappa shape index (κ1) is 12.2. The first-order chi connectivity index (χ1) is 8.15. The Balaban J connectivity index is 2.35. The average Bonchev–Trinajstić information content (AvgIpc) is 2.67. The molecule has 4 heteroatoms. The van der Waals surface area contributed by atoms with Crippen molar-refractivity contribution in [3.8, 4) is 11.5 Å². The molecule has 1 aliphatic rings. The molecule has 3 atom stereocenters. The van der Waals surface area contributed by atoms with Crippen LogP contribution >= 0.6 is 0 Å². The van der Waals surface area contributed by atoms with E-state index < -0.39 is 0 Å². The van der Waals surface area contributed by atoms with E-state index in [9.17, 15) is 0 Å². The van der Waals surface area contributed by atoms with E-state index in [1.54, 1.807) is 14.2 Å². The maximum atomic E-state index is 5.74. The highest BCUT2D eigenvalue weighted by Crippen LogP contribution is 2.38. The Hall–Kier alpha value is -1.26. The maximum Gasteiger partial charge on any atom is 0.156 e. The van der Waals surface area contributed by atoms with Gasteiger partial charge in [-0.05, 0) is 32.0 Å². The monoisotopic (exact) mass is 238 g/mol. The molecule has 0 aromatic heterocycles. The van der Waals surface area contributed by atoms with Crippen LogP contribution in [0.15, 0.2) is 18.2 Å². The molecule has 0 aliphatic carbocycles. The van der Waals surface area contributed by atoms with Crippen molar-refractivity contribution in [2.45, 2.75) is 32.3 Å². The number of ether oxygens (including phenoxy) is 4. The van der Waals surface area contributed by atoms with Crippen LogP contribution in [-0.4, -0.2) is 26.6 Å². The SMILES string of the molecule is COc1ccc(OC)c([C@H]2O[C@@H](C)O[C@H]2C)c1. The lowest BCUT2D eigenvalue weighted by molar-refractivity contribution is -0.0496. The Morgan fingerprint density at radius 3 is 2.35 bits per heavy atom. The Labute approximate surface area is 101 Å². The van der Waals surface area contributed by atoms with Crippen LogP contribution in [0.25, 0.3) is 0 Å². The van der Waals surface area contributed by atoms with Gasteiger partial charge in [0.25, 0.3) is 0 Å². The summed E-state index contributed by atoms with van der Waals surface area (Å²) in [5.74, 6) is 1.58. The van der Waals surface area contributed by atoms with Crippen LogP contribution in [0.5, 0.6) is 11.5 Å². The van der Waals surface area contributed by atoms with Gasteiger partial charge in [0.05, 0.1) is 20.3 Å². The maximum absolute atomic E-state index is 5.74. The minimum atomic E-state index is -0.189. The van der Waals surface area contributed by atoms with Gasteiger partial charge in [0.15, 0.2) is 6.29 Å². The van der Waals surface area contributed by atoms with Gasteiger partial charge in [0, 0.05) is 5.56 Å². The molecule has 2 rings (SSSR count). The number of hydrogen-bond donors (Lipinski definition) is 0. The molecule has 1 heterocycles. The molecule has 1 fully saturated rings. The number of benzene rings is 1. The highest BCUT2D eigenvalue weighted by atomic mass is 16.7. The fraction of sp³-hybridized carbons (Fsp3) is 0.538. The molecule has 0 radical (unpaired) electrons. The van der Waals surface area contributed by atoms with Gasteiger partial charge < -0.3 is 18.9 Å². The van der Waals surface area contributed by atoms with E-state index in [0.717, 1.165) is 17.1 Å². The van der Waals surface area contributed by atoms with E-state index in [1.807, 2.05) is 32.0 Å². The summed E-state index contributed by atoms with van der Waals surface area (Å²) in [5.41, 5.74) is 0.962. The van der Waals surface area contributed by atoms with Crippen LogP contribution < -0.4 is 9.47 Å². The zero-order valence-electron chi connectivity index (χ0n) is 10.6. The van der Waals surface area contributed by atoms with Gasteiger partial charge in [-0.25, -0.2) is 0 Å². The molecule has 0 spiro atoms. The third-order valence-corrected chi connectivity index (χ3v) is 2.91. The first-order valence-corrected chi connectivity index (χ1v) is 5.68. The van der Waals surface area contributed by atoms with Gasteiger partial charge in [-0.15, -0.1) is 0 Å². The van der Waals surface area contributed by atoms with Crippen molar-refractivity contribution in [2.24, 2.45) is 0 Å². The lowest BCUT2D eigenvalue weighted by Gasteiger charge is -2.17. The molecule has 17 heavy (non-hydrogen) atoms. The summed E-state index contributed by atoms with van der Waals surface area (Å²) < 4.78 is 21.9. The van der Waals surface area contributed by atoms with E-state index in [0.29, 0.717) is 0 Å². The Morgan fingerprint density at radius 1 is 1.06 bits per heavy atom. The molecule has 94 valence electrons. The van der Waals surface area contributed by atoms with Gasteiger partial charge in [-0.2, -0.15) is 0 Å². The lowest BCUT2D eigenvalue weighted by Crippen LogP contribution is -2.11. The van der Waals surface area contributed by atoms with Gasteiger partial charge in [-0.1, -0.05) is 0 Å². The van der Waals surface area contributed by atoms with Crippen LogP contribution in [0.3, 0.4) is 0 Å². The van der Waals surface area contributed by atoms with Crippen molar-refractivity contribution in [1.29, 1.82) is 0 Å². The second-order valence-electron chi connectivity index (χ2n) is 4.07. The third-order valence-electron chi connectivity index (χ3n) is 2.91. The zero-order valence-corrected chi connectivity index (χ0v) is 10.6. The molecule has 0 amide bonds. The van der Waals surface area contributed by atoms with E-state index >= 15 is 0 Å². The number of hydrogen-bond acceptors (Lipinski definition) is 4. The summed E-state index contributed by atoms with van der Waals surface area (Å²) in [5, 5.41) is 0. The van der Waals surface area contributed by atoms with Gasteiger partial charge in [0.2, 0.25) is 0 Å². The van der Waals surface area contributed by atoms with E-state index in [2.05, 4.69) is 0 Å². The predicted molar refractivity (Wildman–Crippen MR) is 63.4 cm³/mol. The van der Waals surface area contributed by atoms with Crippen LogP contribution in [0.2, 0.25) is 0 Å². The fourth-order valence-corrected chi connectivity index (χ4v) is 2.11. The third kappa shape index (κ3) is 2.37. The molecule has 1 saturated heterocycles. The largest absolute Gasteiger partial charge is 0.497 e. The average molecular weight is 238 g/mol. The smallest absolute Gasteiger partial charge is 0.156 e. The summed E-state index contributed by atoms with van der Waals surface area (Å²) in [6.45, 7) is 3.89. The van der Waals surface area contributed by atoms with Crippen molar-refractivity contribution < 1.29 is 18.9 Å². The van der Waals surface area contributed by atoms with E-state index in [4.69, 9.17) is 18.9 Å². The standard InChI is InChI=1S/C13H18O4/c1-8-13(17-9(2)16-8)11-7-10(14-3)5-6-12(11)15-4/h5-9,13H,1-4H3/t8-,9-,13-/m0/s1. The summed E-state index contributed by atoms with van der Waals surface area (Å²) in [4.78, 5) is 0. The highest BCUT2D eigenvalue weighted by molar-refractivity contribution is 5.42. The molecular weight excluding hydrogens is 220 g/mol. The molecule has 0 N–H and O–H groups in total. The van der Waals surface area contributed by atoms with Crippen LogP contribution in [0, 0.1) is 0 Å². The van der Waals surface area contributed by atoms with Crippen LogP contribution in [0.1, 0.15) is 25.5 Å². The molecule has 1 aromatic rings. The van der Waals surface area contributed by atoms with Crippen molar-refractivity contribution in [1.82, 2.24) is 0 Å². The fourth-order valence-electron chi connectivity index (χ4n) is 2.11. The second-order valence-corrected chi connectivity index (χ2v) is 4.07. The quantitative estimate of drug-likeness (QED) is 0.810. The number of rotatable bonds is 3. The normalized spacial score (nSPS) is 28.1. The van der Waals surface area contributed by atoms with E-state index in [1.165, 1.54) is 0 Å². The van der Waals surface area contributed by atoms with Crippen molar-refractivity contribution in [2.75, 3.05) is 14.2 Å². The Kier molecular flexibility index (Phi) is 3.54. The topological polar surface area (TPSA) is 36.9 Å². The summed E-state index contributed by atoms with van der Waals surface area (Å²) in [6, 6.07) is 5.68. The molecule has 4 nitrogen and oxygen atoms in total. The number of methoxy groups -OCH3 is 2. The minimum Gasteiger partial charge on any atom is -0.497 e. The minimum absolute atomic E-state index is 0.00556. The molecular formula is C13H18O4. The second kappa shape index (κ2) is 4.94. The lowest BCUT2D eigenvalue weighted by atomic mass is 10.0. The first-order valence-electron chi connectivity index (χ1n) is 5.68. The Bertz CT molecular complexity index is 391. The molecule has 1 aliphatic heterocycles. The van der Waals surface area contributed by atoms with Crippen molar-refractivity contribution in [3.05, 3.63) is 23.8 Å².